The Bertz CT molecular complexity index is 440. The summed E-state index contributed by atoms with van der Waals surface area (Å²) >= 11 is 3.37. The normalized spacial score (nSPS) is 10.0. The predicted octanol–water partition coefficient (Wildman–Crippen LogP) is 1.97. The zero-order chi connectivity index (χ0) is 13.7. The molecule has 1 aromatic carbocycles. The lowest BCUT2D eigenvalue weighted by Gasteiger charge is -2.17. The number of rotatable bonds is 4. The Kier molecular flexibility index (Phi) is 5.34. The molecule has 0 saturated carbocycles. The zero-order valence-electron chi connectivity index (χ0n) is 10.8. The Morgan fingerprint density at radius 1 is 1.33 bits per heavy atom. The molecule has 2 amide bonds. The van der Waals surface area contributed by atoms with E-state index in [1.54, 1.807) is 25.1 Å². The van der Waals surface area contributed by atoms with Gasteiger partial charge >= 0.3 is 0 Å². The third-order valence-corrected chi connectivity index (χ3v) is 3.05. The molecule has 0 spiro atoms. The fourth-order valence-corrected chi connectivity index (χ4v) is 2.18. The van der Waals surface area contributed by atoms with E-state index < -0.39 is 0 Å². The molecule has 0 fully saturated rings. The number of hydrogen-bond acceptors (Lipinski definition) is 2. The maximum Gasteiger partial charge on any atom is 0.253 e. The number of halogens is 1. The number of aryl methyl sites for hydroxylation is 1. The van der Waals surface area contributed by atoms with Gasteiger partial charge in [0.15, 0.2) is 0 Å². The van der Waals surface area contributed by atoms with Crippen LogP contribution in [0.3, 0.4) is 0 Å². The minimum atomic E-state index is -0.0803. The lowest BCUT2D eigenvalue weighted by Crippen LogP contribution is -2.31. The van der Waals surface area contributed by atoms with Gasteiger partial charge in [0.25, 0.3) is 5.91 Å². The van der Waals surface area contributed by atoms with Crippen LogP contribution in [0.2, 0.25) is 0 Å². The highest BCUT2D eigenvalue weighted by atomic mass is 79.9. The van der Waals surface area contributed by atoms with Crippen LogP contribution in [0.4, 0.5) is 0 Å². The van der Waals surface area contributed by atoms with Crippen molar-refractivity contribution in [2.45, 2.75) is 13.3 Å². The molecule has 0 aliphatic heterocycles. The molecule has 0 aliphatic rings. The topological polar surface area (TPSA) is 49.4 Å². The molecule has 1 N–H and O–H groups in total. The van der Waals surface area contributed by atoms with Crippen molar-refractivity contribution in [2.24, 2.45) is 0 Å². The first-order valence-electron chi connectivity index (χ1n) is 5.67. The third kappa shape index (κ3) is 4.14. The van der Waals surface area contributed by atoms with Crippen LogP contribution in [-0.4, -0.2) is 37.4 Å². The van der Waals surface area contributed by atoms with Crippen molar-refractivity contribution in [3.63, 3.8) is 0 Å². The van der Waals surface area contributed by atoms with Crippen molar-refractivity contribution in [2.75, 3.05) is 20.6 Å². The molecule has 4 nitrogen and oxygen atoms in total. The highest BCUT2D eigenvalue weighted by molar-refractivity contribution is 9.10. The summed E-state index contributed by atoms with van der Waals surface area (Å²) in [6.07, 6.45) is 0.311. The van der Waals surface area contributed by atoms with Crippen LogP contribution >= 0.6 is 15.9 Å². The Labute approximate surface area is 115 Å². The molecule has 0 aliphatic carbocycles. The molecule has 0 saturated heterocycles. The van der Waals surface area contributed by atoms with Gasteiger partial charge in [-0.1, -0.05) is 15.9 Å². The maximum atomic E-state index is 12.1. The average Bonchev–Trinajstić information content (AvgIpc) is 2.33. The Hall–Kier alpha value is -1.36. The van der Waals surface area contributed by atoms with E-state index in [1.807, 2.05) is 19.1 Å². The zero-order valence-corrected chi connectivity index (χ0v) is 12.4. The van der Waals surface area contributed by atoms with E-state index in [9.17, 15) is 9.59 Å². The second kappa shape index (κ2) is 6.54. The van der Waals surface area contributed by atoms with Crippen LogP contribution in [0, 0.1) is 6.92 Å². The molecule has 18 heavy (non-hydrogen) atoms. The molecule has 1 aromatic rings. The SMILES string of the molecule is CNC(=O)CCN(C)C(=O)c1cc(C)cc(Br)c1. The summed E-state index contributed by atoms with van der Waals surface area (Å²) < 4.78 is 0.880. The molecular weight excluding hydrogens is 296 g/mol. The molecule has 0 atom stereocenters. The maximum absolute atomic E-state index is 12.1. The monoisotopic (exact) mass is 312 g/mol. The second-order valence-electron chi connectivity index (χ2n) is 4.17. The summed E-state index contributed by atoms with van der Waals surface area (Å²) in [7, 11) is 3.28. The Morgan fingerprint density at radius 2 is 2.00 bits per heavy atom. The number of benzene rings is 1. The van der Waals surface area contributed by atoms with Crippen LogP contribution in [-0.2, 0) is 4.79 Å². The number of carbonyl (C=O) groups is 2. The van der Waals surface area contributed by atoms with Crippen molar-refractivity contribution >= 4 is 27.7 Å². The highest BCUT2D eigenvalue weighted by Gasteiger charge is 2.13. The van der Waals surface area contributed by atoms with Crippen molar-refractivity contribution in [3.05, 3.63) is 33.8 Å². The first-order chi connectivity index (χ1) is 8.43. The highest BCUT2D eigenvalue weighted by Crippen LogP contribution is 2.16. The fourth-order valence-electron chi connectivity index (χ4n) is 1.58. The summed E-state index contributed by atoms with van der Waals surface area (Å²) in [6, 6.07) is 5.57. The van der Waals surface area contributed by atoms with Crippen LogP contribution in [0.25, 0.3) is 0 Å². The van der Waals surface area contributed by atoms with Crippen molar-refractivity contribution in [3.8, 4) is 0 Å². The van der Waals surface area contributed by atoms with Gasteiger partial charge in [-0.25, -0.2) is 0 Å². The van der Waals surface area contributed by atoms with Crippen LogP contribution in [0.15, 0.2) is 22.7 Å². The number of nitrogens with one attached hydrogen (secondary N) is 1. The quantitative estimate of drug-likeness (QED) is 0.924. The van der Waals surface area contributed by atoms with Crippen LogP contribution < -0.4 is 5.32 Å². The number of hydrogen-bond donors (Lipinski definition) is 1. The Balaban J connectivity index is 2.71. The van der Waals surface area contributed by atoms with Gasteiger partial charge in [0, 0.05) is 37.1 Å². The second-order valence-corrected chi connectivity index (χ2v) is 5.08. The van der Waals surface area contributed by atoms with E-state index >= 15 is 0 Å². The van der Waals surface area contributed by atoms with E-state index in [2.05, 4.69) is 21.2 Å². The first-order valence-corrected chi connectivity index (χ1v) is 6.46. The van der Waals surface area contributed by atoms with Crippen LogP contribution in [0.5, 0.6) is 0 Å². The van der Waals surface area contributed by atoms with Gasteiger partial charge in [-0.2, -0.15) is 0 Å². The Morgan fingerprint density at radius 3 is 2.56 bits per heavy atom. The van der Waals surface area contributed by atoms with Crippen LogP contribution in [0.1, 0.15) is 22.3 Å². The standard InChI is InChI=1S/C13H17BrN2O2/c1-9-6-10(8-11(14)7-9)13(18)16(3)5-4-12(17)15-2/h6-8H,4-5H2,1-3H3,(H,15,17). The molecule has 0 bridgehead atoms. The third-order valence-electron chi connectivity index (χ3n) is 2.59. The van der Waals surface area contributed by atoms with E-state index in [0.29, 0.717) is 18.5 Å². The number of carbonyl (C=O) groups excluding carboxylic acids is 2. The smallest absolute Gasteiger partial charge is 0.253 e. The number of nitrogens with zero attached hydrogens (tertiary/aromatic N) is 1. The molecule has 0 unspecified atom stereocenters. The summed E-state index contributed by atoms with van der Waals surface area (Å²) in [5.74, 6) is -0.150. The molecule has 0 radical (unpaired) electrons. The predicted molar refractivity (Wildman–Crippen MR) is 74.5 cm³/mol. The van der Waals surface area contributed by atoms with Gasteiger partial charge in [-0.15, -0.1) is 0 Å². The summed E-state index contributed by atoms with van der Waals surface area (Å²) in [5, 5.41) is 2.53. The molecular formula is C13H17BrN2O2. The van der Waals surface area contributed by atoms with Gasteiger partial charge in [0.2, 0.25) is 5.91 Å². The van der Waals surface area contributed by atoms with Crippen molar-refractivity contribution in [1.82, 2.24) is 10.2 Å². The summed E-state index contributed by atoms with van der Waals surface area (Å²) in [4.78, 5) is 24.8. The summed E-state index contributed by atoms with van der Waals surface area (Å²) in [6.45, 7) is 2.34. The number of amides is 2. The minimum absolute atomic E-state index is 0.0694. The average molecular weight is 313 g/mol. The van der Waals surface area contributed by atoms with E-state index in [4.69, 9.17) is 0 Å². The van der Waals surface area contributed by atoms with Crippen molar-refractivity contribution < 1.29 is 9.59 Å². The van der Waals surface area contributed by atoms with Gasteiger partial charge in [0.1, 0.15) is 0 Å². The van der Waals surface area contributed by atoms with Gasteiger partial charge in [-0.3, -0.25) is 9.59 Å². The lowest BCUT2D eigenvalue weighted by molar-refractivity contribution is -0.120. The lowest BCUT2D eigenvalue weighted by atomic mass is 10.1. The minimum Gasteiger partial charge on any atom is -0.359 e. The molecule has 98 valence electrons. The van der Waals surface area contributed by atoms with E-state index in [0.717, 1.165) is 10.0 Å². The fraction of sp³-hybridized carbons (Fsp3) is 0.385. The largest absolute Gasteiger partial charge is 0.359 e. The van der Waals surface area contributed by atoms with Gasteiger partial charge in [0.05, 0.1) is 0 Å². The molecule has 0 heterocycles. The molecule has 5 heteroatoms. The molecule has 1 rings (SSSR count). The summed E-state index contributed by atoms with van der Waals surface area (Å²) in [5.41, 5.74) is 1.65. The first kappa shape index (κ1) is 14.7. The van der Waals surface area contributed by atoms with Gasteiger partial charge < -0.3 is 10.2 Å². The van der Waals surface area contributed by atoms with Crippen molar-refractivity contribution in [1.29, 1.82) is 0 Å². The molecule has 0 aromatic heterocycles. The van der Waals surface area contributed by atoms with Gasteiger partial charge in [-0.05, 0) is 30.7 Å². The van der Waals surface area contributed by atoms with E-state index in [1.165, 1.54) is 0 Å². The van der Waals surface area contributed by atoms with E-state index in [-0.39, 0.29) is 11.8 Å².